The van der Waals surface area contributed by atoms with Gasteiger partial charge in [-0.2, -0.15) is 0 Å². The number of nitrogens with one attached hydrogen (secondary N) is 2. The summed E-state index contributed by atoms with van der Waals surface area (Å²) >= 11 is 0. The van der Waals surface area contributed by atoms with E-state index in [9.17, 15) is 13.2 Å². The van der Waals surface area contributed by atoms with E-state index >= 15 is 0 Å². The Morgan fingerprint density at radius 3 is 2.59 bits per heavy atom. The van der Waals surface area contributed by atoms with Crippen molar-refractivity contribution in [3.05, 3.63) is 72.2 Å². The lowest BCUT2D eigenvalue weighted by Crippen LogP contribution is -2.23. The fourth-order valence-electron chi connectivity index (χ4n) is 2.79. The van der Waals surface area contributed by atoms with Gasteiger partial charge in [0.2, 0.25) is 10.0 Å². The van der Waals surface area contributed by atoms with Gasteiger partial charge in [-0.1, -0.05) is 6.07 Å². The van der Waals surface area contributed by atoms with Crippen molar-refractivity contribution < 1.29 is 27.1 Å². The molecule has 29 heavy (non-hydrogen) atoms. The Balaban J connectivity index is 1.47. The first-order valence-corrected chi connectivity index (χ1v) is 10.3. The molecule has 1 aromatic heterocycles. The van der Waals surface area contributed by atoms with Crippen molar-refractivity contribution in [2.75, 3.05) is 18.5 Å². The lowest BCUT2D eigenvalue weighted by molar-refractivity contribution is 0.102. The number of rotatable bonds is 6. The number of anilines is 1. The largest absolute Gasteiger partial charge is 0.486 e. The highest BCUT2D eigenvalue weighted by atomic mass is 32.2. The molecule has 150 valence electrons. The number of fused-ring (bicyclic) bond motifs is 1. The minimum atomic E-state index is -3.77. The second kappa shape index (κ2) is 7.98. The van der Waals surface area contributed by atoms with E-state index in [1.807, 2.05) is 0 Å². The van der Waals surface area contributed by atoms with Gasteiger partial charge in [0, 0.05) is 11.3 Å². The number of carbonyl (C=O) groups excluding carboxylic acids is 1. The third-order valence-electron chi connectivity index (χ3n) is 4.22. The molecular formula is C20H18N2O6S. The second-order valence-corrected chi connectivity index (χ2v) is 8.01. The summed E-state index contributed by atoms with van der Waals surface area (Å²) in [6, 6.07) is 14.2. The smallest absolute Gasteiger partial charge is 0.255 e. The Kier molecular flexibility index (Phi) is 5.24. The lowest BCUT2D eigenvalue weighted by atomic mass is 10.1. The summed E-state index contributed by atoms with van der Waals surface area (Å²) in [6.45, 7) is 0.917. The third kappa shape index (κ3) is 4.41. The molecule has 2 aromatic carbocycles. The van der Waals surface area contributed by atoms with Crippen molar-refractivity contribution in [2.45, 2.75) is 11.4 Å². The summed E-state index contributed by atoms with van der Waals surface area (Å²) in [5.41, 5.74) is 0.726. The van der Waals surface area contributed by atoms with Crippen LogP contribution in [-0.4, -0.2) is 27.5 Å². The number of furan rings is 1. The van der Waals surface area contributed by atoms with Crippen LogP contribution in [0.25, 0.3) is 0 Å². The summed E-state index contributed by atoms with van der Waals surface area (Å²) in [4.78, 5) is 12.6. The van der Waals surface area contributed by atoms with E-state index in [2.05, 4.69) is 10.0 Å². The average molecular weight is 414 g/mol. The number of amides is 1. The van der Waals surface area contributed by atoms with Crippen LogP contribution < -0.4 is 19.5 Å². The molecule has 9 heteroatoms. The van der Waals surface area contributed by atoms with Crippen molar-refractivity contribution in [2.24, 2.45) is 0 Å². The predicted molar refractivity (Wildman–Crippen MR) is 105 cm³/mol. The Morgan fingerprint density at radius 2 is 1.79 bits per heavy atom. The first kappa shape index (κ1) is 19.0. The van der Waals surface area contributed by atoms with E-state index < -0.39 is 10.0 Å². The number of benzene rings is 2. The van der Waals surface area contributed by atoms with Crippen molar-refractivity contribution in [1.29, 1.82) is 0 Å². The summed E-state index contributed by atoms with van der Waals surface area (Å²) in [5.74, 6) is 1.20. The normalized spacial score (nSPS) is 13.1. The van der Waals surface area contributed by atoms with Crippen molar-refractivity contribution >= 4 is 21.6 Å². The first-order chi connectivity index (χ1) is 14.0. The van der Waals surface area contributed by atoms with Gasteiger partial charge < -0.3 is 19.2 Å². The standard InChI is InChI=1S/C20H18N2O6S/c23-20(14-6-7-18-19(11-14)28-10-9-27-18)22-15-3-1-5-17(12-15)29(24,25)21-13-16-4-2-8-26-16/h1-8,11-12,21H,9-10,13H2,(H,22,23). The number of hydrogen-bond donors (Lipinski definition) is 2. The Labute approximate surface area is 167 Å². The van der Waals surface area contributed by atoms with Gasteiger partial charge in [0.25, 0.3) is 5.91 Å². The van der Waals surface area contributed by atoms with Gasteiger partial charge in [0.1, 0.15) is 19.0 Å². The fraction of sp³-hybridized carbons (Fsp3) is 0.150. The van der Waals surface area contributed by atoms with Crippen molar-refractivity contribution in [3.8, 4) is 11.5 Å². The minimum absolute atomic E-state index is 0.0309. The second-order valence-electron chi connectivity index (χ2n) is 6.24. The van der Waals surface area contributed by atoms with Crippen LogP contribution >= 0.6 is 0 Å². The summed E-state index contributed by atoms with van der Waals surface area (Å²) in [7, 11) is -3.77. The zero-order valence-corrected chi connectivity index (χ0v) is 16.1. The fourth-order valence-corrected chi connectivity index (χ4v) is 3.83. The first-order valence-electron chi connectivity index (χ1n) is 8.84. The molecule has 0 bridgehead atoms. The van der Waals surface area contributed by atoms with E-state index in [1.54, 1.807) is 42.5 Å². The highest BCUT2D eigenvalue weighted by Crippen LogP contribution is 2.31. The highest BCUT2D eigenvalue weighted by Gasteiger charge is 2.17. The molecule has 0 saturated carbocycles. The van der Waals surface area contributed by atoms with Crippen LogP contribution in [0.5, 0.6) is 11.5 Å². The van der Waals surface area contributed by atoms with E-state index in [0.29, 0.717) is 41.7 Å². The van der Waals surface area contributed by atoms with Crippen LogP contribution in [0.4, 0.5) is 5.69 Å². The maximum atomic E-state index is 12.6. The van der Waals surface area contributed by atoms with E-state index in [4.69, 9.17) is 13.9 Å². The molecule has 2 heterocycles. The van der Waals surface area contributed by atoms with Crippen molar-refractivity contribution in [3.63, 3.8) is 0 Å². The van der Waals surface area contributed by atoms with Crippen LogP contribution in [0, 0.1) is 0 Å². The SMILES string of the molecule is O=C(Nc1cccc(S(=O)(=O)NCc2ccco2)c1)c1ccc2c(c1)OCCO2. The van der Waals surface area contributed by atoms with Crippen LogP contribution in [0.2, 0.25) is 0 Å². The average Bonchev–Trinajstić information content (AvgIpc) is 3.26. The molecule has 0 fully saturated rings. The Bertz CT molecular complexity index is 1130. The molecule has 0 spiro atoms. The molecule has 0 saturated heterocycles. The van der Waals surface area contributed by atoms with Gasteiger partial charge in [0.15, 0.2) is 11.5 Å². The number of sulfonamides is 1. The summed E-state index contributed by atoms with van der Waals surface area (Å²) < 4.78 is 43.5. The molecule has 4 rings (SSSR count). The van der Waals surface area contributed by atoms with E-state index in [-0.39, 0.29) is 17.3 Å². The summed E-state index contributed by atoms with van der Waals surface area (Å²) in [5, 5.41) is 2.70. The van der Waals surface area contributed by atoms with Gasteiger partial charge >= 0.3 is 0 Å². The molecule has 3 aromatic rings. The Morgan fingerprint density at radius 1 is 0.966 bits per heavy atom. The third-order valence-corrected chi connectivity index (χ3v) is 5.62. The van der Waals surface area contributed by atoms with Gasteiger partial charge in [-0.05, 0) is 48.5 Å². The number of carbonyl (C=O) groups is 1. The quantitative estimate of drug-likeness (QED) is 0.642. The van der Waals surface area contributed by atoms with E-state index in [1.165, 1.54) is 18.4 Å². The Hall–Kier alpha value is -3.30. The molecule has 1 aliphatic heterocycles. The van der Waals surface area contributed by atoms with Crippen LogP contribution in [0.1, 0.15) is 16.1 Å². The van der Waals surface area contributed by atoms with Gasteiger partial charge in [-0.3, -0.25) is 4.79 Å². The maximum Gasteiger partial charge on any atom is 0.255 e. The summed E-state index contributed by atoms with van der Waals surface area (Å²) in [6.07, 6.45) is 1.47. The maximum absolute atomic E-state index is 12.6. The van der Waals surface area contributed by atoms with Crippen LogP contribution in [-0.2, 0) is 16.6 Å². The lowest BCUT2D eigenvalue weighted by Gasteiger charge is -2.18. The molecule has 0 atom stereocenters. The molecule has 2 N–H and O–H groups in total. The molecule has 1 aliphatic rings. The number of ether oxygens (including phenoxy) is 2. The molecule has 8 nitrogen and oxygen atoms in total. The zero-order chi connectivity index (χ0) is 20.3. The van der Waals surface area contributed by atoms with Gasteiger partial charge in [-0.25, -0.2) is 13.1 Å². The van der Waals surface area contributed by atoms with Gasteiger partial charge in [-0.15, -0.1) is 0 Å². The molecule has 0 radical (unpaired) electrons. The highest BCUT2D eigenvalue weighted by molar-refractivity contribution is 7.89. The monoisotopic (exact) mass is 414 g/mol. The number of hydrogen-bond acceptors (Lipinski definition) is 6. The van der Waals surface area contributed by atoms with Crippen LogP contribution in [0.3, 0.4) is 0 Å². The molecular weight excluding hydrogens is 396 g/mol. The molecule has 0 aliphatic carbocycles. The predicted octanol–water partition coefficient (Wildman–Crippen LogP) is 2.78. The topological polar surface area (TPSA) is 107 Å². The van der Waals surface area contributed by atoms with Crippen LogP contribution in [0.15, 0.2) is 70.2 Å². The van der Waals surface area contributed by atoms with E-state index in [0.717, 1.165) is 0 Å². The molecule has 0 unspecified atom stereocenters. The van der Waals surface area contributed by atoms with Crippen molar-refractivity contribution in [1.82, 2.24) is 4.72 Å². The zero-order valence-electron chi connectivity index (χ0n) is 15.3. The van der Waals surface area contributed by atoms with Gasteiger partial charge in [0.05, 0.1) is 17.7 Å². The molecule has 1 amide bonds. The minimum Gasteiger partial charge on any atom is -0.486 e.